The lowest BCUT2D eigenvalue weighted by molar-refractivity contribution is -0.132. The van der Waals surface area contributed by atoms with Gasteiger partial charge in [0.15, 0.2) is 6.10 Å². The van der Waals surface area contributed by atoms with Gasteiger partial charge in [0.25, 0.3) is 0 Å². The summed E-state index contributed by atoms with van der Waals surface area (Å²) in [6, 6.07) is 18.4. The van der Waals surface area contributed by atoms with Crippen molar-refractivity contribution in [3.8, 4) is 0 Å². The first kappa shape index (κ1) is 13.8. The van der Waals surface area contributed by atoms with Gasteiger partial charge in [0.1, 0.15) is 11.6 Å². The van der Waals surface area contributed by atoms with Gasteiger partial charge in [0, 0.05) is 11.6 Å². The highest BCUT2D eigenvalue weighted by Gasteiger charge is 2.58. The standard InChI is InChI=1S/C20H18N2O2/c1-12-11-14-9-5-6-10-15(14)18-19-16(20(23)22(12)18)17(21-24-19)13-7-3-2-4-8-13/h2-10,12,16,18-19H,11H2,1H3/t12-,16-,18+,19+/m1/s1. The molecule has 2 aromatic rings. The lowest BCUT2D eigenvalue weighted by Gasteiger charge is -2.38. The Morgan fingerprint density at radius 2 is 1.83 bits per heavy atom. The van der Waals surface area contributed by atoms with Gasteiger partial charge in [-0.25, -0.2) is 0 Å². The van der Waals surface area contributed by atoms with Gasteiger partial charge >= 0.3 is 0 Å². The summed E-state index contributed by atoms with van der Waals surface area (Å²) in [6.45, 7) is 2.13. The molecule has 0 saturated carbocycles. The van der Waals surface area contributed by atoms with Crippen LogP contribution in [-0.2, 0) is 16.1 Å². The second-order valence-corrected chi connectivity index (χ2v) is 6.83. The molecule has 0 aliphatic carbocycles. The average Bonchev–Trinajstić information content (AvgIpc) is 3.16. The van der Waals surface area contributed by atoms with Crippen LogP contribution in [0.25, 0.3) is 0 Å². The van der Waals surface area contributed by atoms with Crippen molar-refractivity contribution in [2.75, 3.05) is 0 Å². The minimum Gasteiger partial charge on any atom is -0.388 e. The van der Waals surface area contributed by atoms with Crippen molar-refractivity contribution in [1.82, 2.24) is 4.90 Å². The number of hydrogen-bond donors (Lipinski definition) is 0. The molecule has 0 radical (unpaired) electrons. The number of rotatable bonds is 1. The summed E-state index contributed by atoms with van der Waals surface area (Å²) in [4.78, 5) is 21.0. The third-order valence-corrected chi connectivity index (χ3v) is 5.46. The Balaban J connectivity index is 1.60. The van der Waals surface area contributed by atoms with E-state index in [1.165, 1.54) is 11.1 Å². The number of nitrogens with zero attached hydrogens (tertiary/aromatic N) is 2. The van der Waals surface area contributed by atoms with Crippen LogP contribution in [0.1, 0.15) is 29.7 Å². The SMILES string of the molecule is C[C@@H]1Cc2ccccc2[C@H]2[C@H]3ON=C(c4ccccc4)[C@H]3C(=O)N12. The Bertz CT molecular complexity index is 846. The van der Waals surface area contributed by atoms with E-state index in [1.807, 2.05) is 41.3 Å². The van der Waals surface area contributed by atoms with Gasteiger partial charge in [0.05, 0.1) is 6.04 Å². The molecule has 4 nitrogen and oxygen atoms in total. The molecule has 3 aliphatic rings. The first-order valence-electron chi connectivity index (χ1n) is 8.45. The largest absolute Gasteiger partial charge is 0.388 e. The third-order valence-electron chi connectivity index (χ3n) is 5.46. The molecule has 0 spiro atoms. The number of oxime groups is 1. The van der Waals surface area contributed by atoms with Gasteiger partial charge in [-0.05, 0) is 24.5 Å². The van der Waals surface area contributed by atoms with E-state index in [0.717, 1.165) is 17.7 Å². The fourth-order valence-electron chi connectivity index (χ4n) is 4.43. The van der Waals surface area contributed by atoms with E-state index in [0.29, 0.717) is 0 Å². The van der Waals surface area contributed by atoms with E-state index in [1.54, 1.807) is 0 Å². The van der Waals surface area contributed by atoms with Crippen molar-refractivity contribution in [2.24, 2.45) is 11.1 Å². The fourth-order valence-corrected chi connectivity index (χ4v) is 4.43. The minimum atomic E-state index is -0.300. The van der Waals surface area contributed by atoms with E-state index in [4.69, 9.17) is 4.84 Å². The third kappa shape index (κ3) is 1.74. The van der Waals surface area contributed by atoms with Crippen LogP contribution in [0, 0.1) is 5.92 Å². The number of carbonyl (C=O) groups is 1. The van der Waals surface area contributed by atoms with Crippen molar-refractivity contribution >= 4 is 11.6 Å². The second kappa shape index (κ2) is 4.94. The van der Waals surface area contributed by atoms with E-state index in [9.17, 15) is 4.79 Å². The van der Waals surface area contributed by atoms with Gasteiger partial charge < -0.3 is 9.74 Å². The quantitative estimate of drug-likeness (QED) is 0.811. The molecule has 3 heterocycles. The van der Waals surface area contributed by atoms with Crippen LogP contribution in [0.3, 0.4) is 0 Å². The maximum atomic E-state index is 13.2. The van der Waals surface area contributed by atoms with Crippen LogP contribution >= 0.6 is 0 Å². The van der Waals surface area contributed by atoms with Crippen molar-refractivity contribution in [3.63, 3.8) is 0 Å². The molecule has 0 unspecified atom stereocenters. The van der Waals surface area contributed by atoms with Crippen LogP contribution in [-0.4, -0.2) is 28.7 Å². The lowest BCUT2D eigenvalue weighted by atomic mass is 9.86. The van der Waals surface area contributed by atoms with E-state index in [-0.39, 0.29) is 30.0 Å². The molecule has 4 atom stereocenters. The summed E-state index contributed by atoms with van der Waals surface area (Å²) < 4.78 is 0. The van der Waals surface area contributed by atoms with Crippen molar-refractivity contribution < 1.29 is 9.63 Å². The second-order valence-electron chi connectivity index (χ2n) is 6.83. The zero-order valence-corrected chi connectivity index (χ0v) is 13.4. The molecule has 0 N–H and O–H groups in total. The molecule has 2 aromatic carbocycles. The van der Waals surface area contributed by atoms with Crippen LogP contribution in [0.2, 0.25) is 0 Å². The summed E-state index contributed by atoms with van der Waals surface area (Å²) in [6.07, 6.45) is 0.673. The zero-order valence-electron chi connectivity index (χ0n) is 13.4. The van der Waals surface area contributed by atoms with E-state index < -0.39 is 0 Å². The first-order chi connectivity index (χ1) is 11.8. The Morgan fingerprint density at radius 1 is 1.08 bits per heavy atom. The number of fused-ring (bicyclic) bond motifs is 5. The van der Waals surface area contributed by atoms with Gasteiger partial charge in [0.2, 0.25) is 5.91 Å². The Hall–Kier alpha value is -2.62. The molecular weight excluding hydrogens is 300 g/mol. The molecule has 4 heteroatoms. The highest BCUT2D eigenvalue weighted by Crippen LogP contribution is 2.48. The predicted molar refractivity (Wildman–Crippen MR) is 90.5 cm³/mol. The summed E-state index contributed by atoms with van der Waals surface area (Å²) >= 11 is 0. The molecule has 120 valence electrons. The van der Waals surface area contributed by atoms with E-state index >= 15 is 0 Å². The molecule has 3 aliphatic heterocycles. The summed E-state index contributed by atoms with van der Waals surface area (Å²) in [5, 5.41) is 4.30. The van der Waals surface area contributed by atoms with E-state index in [2.05, 4.69) is 30.3 Å². The van der Waals surface area contributed by atoms with Crippen LogP contribution < -0.4 is 0 Å². The first-order valence-corrected chi connectivity index (χ1v) is 8.45. The maximum absolute atomic E-state index is 13.2. The average molecular weight is 318 g/mol. The molecule has 1 saturated heterocycles. The van der Waals surface area contributed by atoms with Crippen LogP contribution in [0.4, 0.5) is 0 Å². The number of amides is 1. The molecule has 1 fully saturated rings. The fraction of sp³-hybridized carbons (Fsp3) is 0.300. The summed E-state index contributed by atoms with van der Waals surface area (Å²) in [5.41, 5.74) is 4.27. The van der Waals surface area contributed by atoms with Crippen molar-refractivity contribution in [3.05, 3.63) is 71.3 Å². The molecule has 0 aromatic heterocycles. The van der Waals surface area contributed by atoms with Crippen molar-refractivity contribution in [1.29, 1.82) is 0 Å². The Kier molecular flexibility index (Phi) is 2.84. The van der Waals surface area contributed by atoms with Crippen LogP contribution in [0.5, 0.6) is 0 Å². The van der Waals surface area contributed by atoms with Gasteiger partial charge in [-0.3, -0.25) is 4.79 Å². The molecule has 24 heavy (non-hydrogen) atoms. The number of benzene rings is 2. The molecule has 1 amide bonds. The topological polar surface area (TPSA) is 41.9 Å². The zero-order chi connectivity index (χ0) is 16.3. The highest BCUT2D eigenvalue weighted by atomic mass is 16.6. The Labute approximate surface area is 140 Å². The molecule has 0 bridgehead atoms. The van der Waals surface area contributed by atoms with Gasteiger partial charge in [-0.2, -0.15) is 0 Å². The number of hydrogen-bond acceptors (Lipinski definition) is 3. The Morgan fingerprint density at radius 3 is 2.67 bits per heavy atom. The summed E-state index contributed by atoms with van der Waals surface area (Å²) in [5.74, 6) is -0.155. The van der Waals surface area contributed by atoms with Gasteiger partial charge in [-0.15, -0.1) is 0 Å². The highest BCUT2D eigenvalue weighted by molar-refractivity contribution is 6.15. The molecule has 5 rings (SSSR count). The van der Waals surface area contributed by atoms with Crippen molar-refractivity contribution in [2.45, 2.75) is 31.5 Å². The molecular formula is C20H18N2O2. The normalized spacial score (nSPS) is 30.3. The maximum Gasteiger partial charge on any atom is 0.236 e. The monoisotopic (exact) mass is 318 g/mol. The summed E-state index contributed by atoms with van der Waals surface area (Å²) in [7, 11) is 0. The van der Waals surface area contributed by atoms with Crippen LogP contribution in [0.15, 0.2) is 59.8 Å². The minimum absolute atomic E-state index is 0.0348. The predicted octanol–water partition coefficient (Wildman–Crippen LogP) is 2.93. The smallest absolute Gasteiger partial charge is 0.236 e. The lowest BCUT2D eigenvalue weighted by Crippen LogP contribution is -2.43. The number of carbonyl (C=O) groups excluding carboxylic acids is 1. The van der Waals surface area contributed by atoms with Gasteiger partial charge in [-0.1, -0.05) is 59.8 Å².